The fourth-order valence-corrected chi connectivity index (χ4v) is 2.48. The second-order valence-electron chi connectivity index (χ2n) is 4.81. The average molecular weight is 262 g/mol. The summed E-state index contributed by atoms with van der Waals surface area (Å²) in [5.41, 5.74) is 2.57. The molecule has 0 radical (unpaired) electrons. The molecule has 1 aromatic carbocycles. The molecule has 1 saturated heterocycles. The Labute approximate surface area is 112 Å². The lowest BCUT2D eigenvalue weighted by Crippen LogP contribution is -2.41. The average Bonchev–Trinajstić information content (AvgIpc) is 2.76. The molecule has 1 atom stereocenters. The van der Waals surface area contributed by atoms with E-state index in [0.29, 0.717) is 12.0 Å². The van der Waals surface area contributed by atoms with E-state index in [1.807, 2.05) is 24.7 Å². The molecular formula is C14H16ClN3. The highest BCUT2D eigenvalue weighted by atomic mass is 35.5. The summed E-state index contributed by atoms with van der Waals surface area (Å²) in [6, 6.07) is 8.33. The van der Waals surface area contributed by atoms with Crippen molar-refractivity contribution in [3.05, 3.63) is 53.1 Å². The minimum atomic E-state index is 0.292. The molecule has 0 aliphatic carbocycles. The lowest BCUT2D eigenvalue weighted by Gasteiger charge is -2.29. The third kappa shape index (κ3) is 2.04. The smallest absolute Gasteiger partial charge is 0.0953 e. The van der Waals surface area contributed by atoms with Gasteiger partial charge in [-0.25, -0.2) is 4.98 Å². The van der Waals surface area contributed by atoms with E-state index in [4.69, 9.17) is 11.6 Å². The third-order valence-electron chi connectivity index (χ3n) is 3.67. The molecule has 1 aliphatic heterocycles. The SMILES string of the molecule is CC(c1ccc(Cl)cc1)n1cncc1C1CNC1. The van der Waals surface area contributed by atoms with Crippen LogP contribution in [0.4, 0.5) is 0 Å². The Morgan fingerprint density at radius 2 is 2.06 bits per heavy atom. The van der Waals surface area contributed by atoms with Crippen LogP contribution >= 0.6 is 11.6 Å². The lowest BCUT2D eigenvalue weighted by molar-refractivity contribution is 0.418. The first-order chi connectivity index (χ1) is 8.75. The van der Waals surface area contributed by atoms with Crippen LogP contribution in [0.5, 0.6) is 0 Å². The molecule has 2 heterocycles. The zero-order valence-electron chi connectivity index (χ0n) is 10.3. The number of benzene rings is 1. The number of nitrogens with zero attached hydrogens (tertiary/aromatic N) is 2. The summed E-state index contributed by atoms with van der Waals surface area (Å²) in [6.45, 7) is 4.30. The minimum absolute atomic E-state index is 0.292. The van der Waals surface area contributed by atoms with Crippen molar-refractivity contribution in [3.63, 3.8) is 0 Å². The van der Waals surface area contributed by atoms with Crippen LogP contribution < -0.4 is 5.32 Å². The topological polar surface area (TPSA) is 29.9 Å². The summed E-state index contributed by atoms with van der Waals surface area (Å²) in [5.74, 6) is 0.599. The van der Waals surface area contributed by atoms with Crippen LogP contribution in [0.2, 0.25) is 5.02 Å². The van der Waals surface area contributed by atoms with Gasteiger partial charge >= 0.3 is 0 Å². The molecule has 1 fully saturated rings. The molecule has 3 rings (SSSR count). The second-order valence-corrected chi connectivity index (χ2v) is 5.24. The summed E-state index contributed by atoms with van der Waals surface area (Å²) in [4.78, 5) is 4.30. The lowest BCUT2D eigenvalue weighted by atomic mass is 9.98. The number of aromatic nitrogens is 2. The molecule has 1 aliphatic rings. The Hall–Kier alpha value is -1.32. The Balaban J connectivity index is 1.89. The van der Waals surface area contributed by atoms with Crippen LogP contribution in [0.1, 0.15) is 30.1 Å². The van der Waals surface area contributed by atoms with Crippen LogP contribution in [-0.2, 0) is 0 Å². The van der Waals surface area contributed by atoms with E-state index in [9.17, 15) is 0 Å². The van der Waals surface area contributed by atoms with E-state index in [1.165, 1.54) is 11.3 Å². The molecule has 0 bridgehead atoms. The van der Waals surface area contributed by atoms with Gasteiger partial charge in [-0.15, -0.1) is 0 Å². The van der Waals surface area contributed by atoms with Crippen LogP contribution in [0.25, 0.3) is 0 Å². The maximum atomic E-state index is 5.93. The largest absolute Gasteiger partial charge is 0.327 e. The maximum Gasteiger partial charge on any atom is 0.0953 e. The molecule has 4 heteroatoms. The normalized spacial score (nSPS) is 17.4. The summed E-state index contributed by atoms with van der Waals surface area (Å²) in [6.07, 6.45) is 3.91. The Kier molecular flexibility index (Phi) is 3.10. The quantitative estimate of drug-likeness (QED) is 0.921. The second kappa shape index (κ2) is 4.75. The van der Waals surface area contributed by atoms with Gasteiger partial charge in [0, 0.05) is 35.9 Å². The van der Waals surface area contributed by atoms with Crippen molar-refractivity contribution in [2.24, 2.45) is 0 Å². The number of rotatable bonds is 3. The van der Waals surface area contributed by atoms with Gasteiger partial charge in [-0.1, -0.05) is 23.7 Å². The van der Waals surface area contributed by atoms with Crippen molar-refractivity contribution in [1.82, 2.24) is 14.9 Å². The van der Waals surface area contributed by atoms with Gasteiger partial charge in [0.2, 0.25) is 0 Å². The van der Waals surface area contributed by atoms with Crippen molar-refractivity contribution >= 4 is 11.6 Å². The zero-order chi connectivity index (χ0) is 12.5. The molecule has 0 amide bonds. The first-order valence-corrected chi connectivity index (χ1v) is 6.61. The van der Waals surface area contributed by atoms with Crippen molar-refractivity contribution in [1.29, 1.82) is 0 Å². The Morgan fingerprint density at radius 3 is 2.67 bits per heavy atom. The monoisotopic (exact) mass is 261 g/mol. The summed E-state index contributed by atoms with van der Waals surface area (Å²) in [7, 11) is 0. The molecule has 2 aromatic rings. The van der Waals surface area contributed by atoms with Gasteiger partial charge in [0.05, 0.1) is 12.4 Å². The summed E-state index contributed by atoms with van der Waals surface area (Å²) < 4.78 is 2.26. The van der Waals surface area contributed by atoms with E-state index in [1.54, 1.807) is 0 Å². The van der Waals surface area contributed by atoms with Crippen LogP contribution in [-0.4, -0.2) is 22.6 Å². The molecule has 3 nitrogen and oxygen atoms in total. The van der Waals surface area contributed by atoms with E-state index < -0.39 is 0 Å². The molecule has 0 saturated carbocycles. The van der Waals surface area contributed by atoms with Crippen LogP contribution in [0, 0.1) is 0 Å². The fourth-order valence-electron chi connectivity index (χ4n) is 2.35. The van der Waals surface area contributed by atoms with Crippen molar-refractivity contribution < 1.29 is 0 Å². The highest BCUT2D eigenvalue weighted by molar-refractivity contribution is 6.30. The standard InChI is InChI=1S/C14H16ClN3/c1-10(11-2-4-13(15)5-3-11)18-9-17-8-14(18)12-6-16-7-12/h2-5,8-10,12,16H,6-7H2,1H3. The first kappa shape index (κ1) is 11.8. The van der Waals surface area contributed by atoms with Gasteiger partial charge in [-0.3, -0.25) is 0 Å². The van der Waals surface area contributed by atoms with E-state index in [-0.39, 0.29) is 0 Å². The molecule has 1 unspecified atom stereocenters. The zero-order valence-corrected chi connectivity index (χ0v) is 11.1. The number of imidazole rings is 1. The van der Waals surface area contributed by atoms with Crippen LogP contribution in [0.3, 0.4) is 0 Å². The van der Waals surface area contributed by atoms with Gasteiger partial charge in [-0.05, 0) is 24.6 Å². The molecule has 94 valence electrons. The number of halogens is 1. The van der Waals surface area contributed by atoms with Crippen molar-refractivity contribution in [2.75, 3.05) is 13.1 Å². The molecule has 0 spiro atoms. The van der Waals surface area contributed by atoms with Gasteiger partial charge in [0.15, 0.2) is 0 Å². The summed E-state index contributed by atoms with van der Waals surface area (Å²) in [5, 5.41) is 4.08. The van der Waals surface area contributed by atoms with Gasteiger partial charge in [-0.2, -0.15) is 0 Å². The highest BCUT2D eigenvalue weighted by Gasteiger charge is 2.24. The highest BCUT2D eigenvalue weighted by Crippen LogP contribution is 2.26. The number of hydrogen-bond acceptors (Lipinski definition) is 2. The predicted octanol–water partition coefficient (Wildman–Crippen LogP) is 2.83. The van der Waals surface area contributed by atoms with Crippen molar-refractivity contribution in [3.8, 4) is 0 Å². The molecule has 1 N–H and O–H groups in total. The Morgan fingerprint density at radius 1 is 1.33 bits per heavy atom. The summed E-state index contributed by atoms with van der Waals surface area (Å²) >= 11 is 5.93. The van der Waals surface area contributed by atoms with E-state index in [0.717, 1.165) is 18.1 Å². The van der Waals surface area contributed by atoms with E-state index >= 15 is 0 Å². The van der Waals surface area contributed by atoms with Gasteiger partial charge in [0.1, 0.15) is 0 Å². The maximum absolute atomic E-state index is 5.93. The number of hydrogen-bond donors (Lipinski definition) is 1. The molecular weight excluding hydrogens is 246 g/mol. The third-order valence-corrected chi connectivity index (χ3v) is 3.92. The minimum Gasteiger partial charge on any atom is -0.327 e. The molecule has 18 heavy (non-hydrogen) atoms. The van der Waals surface area contributed by atoms with Gasteiger partial charge < -0.3 is 9.88 Å². The van der Waals surface area contributed by atoms with Crippen LogP contribution in [0.15, 0.2) is 36.8 Å². The van der Waals surface area contributed by atoms with Gasteiger partial charge in [0.25, 0.3) is 0 Å². The van der Waals surface area contributed by atoms with Crippen molar-refractivity contribution in [2.45, 2.75) is 18.9 Å². The number of nitrogens with one attached hydrogen (secondary N) is 1. The Bertz CT molecular complexity index is 528. The van der Waals surface area contributed by atoms with E-state index in [2.05, 4.69) is 33.9 Å². The molecule has 1 aromatic heterocycles. The first-order valence-electron chi connectivity index (χ1n) is 6.23. The fraction of sp³-hybridized carbons (Fsp3) is 0.357. The predicted molar refractivity (Wildman–Crippen MR) is 73.1 cm³/mol.